The highest BCUT2D eigenvalue weighted by Crippen LogP contribution is 2.21. The lowest BCUT2D eigenvalue weighted by atomic mass is 10.1. The van der Waals surface area contributed by atoms with Gasteiger partial charge in [0.25, 0.3) is 5.91 Å². The Morgan fingerprint density at radius 1 is 1.11 bits per heavy atom. The van der Waals surface area contributed by atoms with E-state index in [0.29, 0.717) is 50.3 Å². The SMILES string of the molecule is COc1cc(C(=O)N2CCN(C(=O)CCc3c(C)n[nH]c3C)CC2)ccc1C. The van der Waals surface area contributed by atoms with Gasteiger partial charge in [0.05, 0.1) is 12.8 Å². The molecular formula is C21H28N4O3. The van der Waals surface area contributed by atoms with Crippen molar-refractivity contribution in [2.75, 3.05) is 33.3 Å². The molecule has 1 aliphatic rings. The van der Waals surface area contributed by atoms with Gasteiger partial charge in [-0.05, 0) is 50.5 Å². The van der Waals surface area contributed by atoms with Crippen LogP contribution in [-0.2, 0) is 11.2 Å². The normalized spacial score (nSPS) is 14.3. The van der Waals surface area contributed by atoms with E-state index < -0.39 is 0 Å². The zero-order valence-corrected chi connectivity index (χ0v) is 17.0. The Morgan fingerprint density at radius 2 is 1.79 bits per heavy atom. The highest BCUT2D eigenvalue weighted by Gasteiger charge is 2.25. The molecule has 0 radical (unpaired) electrons. The highest BCUT2D eigenvalue weighted by atomic mass is 16.5. The molecule has 2 amide bonds. The number of aromatic nitrogens is 2. The summed E-state index contributed by atoms with van der Waals surface area (Å²) in [6, 6.07) is 5.50. The summed E-state index contributed by atoms with van der Waals surface area (Å²) in [6.45, 7) is 8.10. The summed E-state index contributed by atoms with van der Waals surface area (Å²) in [7, 11) is 1.60. The highest BCUT2D eigenvalue weighted by molar-refractivity contribution is 5.95. The number of benzene rings is 1. The predicted octanol–water partition coefficient (Wildman–Crippen LogP) is 2.26. The number of carbonyl (C=O) groups is 2. The first-order valence-electron chi connectivity index (χ1n) is 9.63. The van der Waals surface area contributed by atoms with Crippen molar-refractivity contribution < 1.29 is 14.3 Å². The van der Waals surface area contributed by atoms with Crippen LogP contribution in [0.5, 0.6) is 5.75 Å². The van der Waals surface area contributed by atoms with Crippen LogP contribution >= 0.6 is 0 Å². The zero-order chi connectivity index (χ0) is 20.3. The van der Waals surface area contributed by atoms with Crippen LogP contribution in [-0.4, -0.2) is 65.1 Å². The van der Waals surface area contributed by atoms with Gasteiger partial charge in [0, 0.05) is 43.9 Å². The van der Waals surface area contributed by atoms with E-state index in [4.69, 9.17) is 4.74 Å². The molecule has 0 atom stereocenters. The number of nitrogens with one attached hydrogen (secondary N) is 1. The van der Waals surface area contributed by atoms with Crippen LogP contribution < -0.4 is 4.74 Å². The summed E-state index contributed by atoms with van der Waals surface area (Å²) < 4.78 is 5.32. The minimum absolute atomic E-state index is 0.0185. The Kier molecular flexibility index (Phi) is 6.02. The molecular weight excluding hydrogens is 356 g/mol. The van der Waals surface area contributed by atoms with Gasteiger partial charge >= 0.3 is 0 Å². The molecule has 7 heteroatoms. The minimum Gasteiger partial charge on any atom is -0.496 e. The second-order valence-electron chi connectivity index (χ2n) is 7.27. The summed E-state index contributed by atoms with van der Waals surface area (Å²) in [4.78, 5) is 29.0. The molecule has 0 unspecified atom stereocenters. The van der Waals surface area contributed by atoms with Crippen LogP contribution in [0.15, 0.2) is 18.2 Å². The molecule has 0 saturated carbocycles. The Hall–Kier alpha value is -2.83. The first-order chi connectivity index (χ1) is 13.4. The van der Waals surface area contributed by atoms with Gasteiger partial charge in [-0.25, -0.2) is 0 Å². The van der Waals surface area contributed by atoms with Crippen LogP contribution in [0.1, 0.15) is 39.3 Å². The number of hydrogen-bond acceptors (Lipinski definition) is 4. The smallest absolute Gasteiger partial charge is 0.254 e. The number of aromatic amines is 1. The zero-order valence-electron chi connectivity index (χ0n) is 17.0. The number of carbonyl (C=O) groups excluding carboxylic acids is 2. The molecule has 3 rings (SSSR count). The van der Waals surface area contributed by atoms with Gasteiger partial charge in [0.1, 0.15) is 5.75 Å². The second-order valence-corrected chi connectivity index (χ2v) is 7.27. The Morgan fingerprint density at radius 3 is 2.39 bits per heavy atom. The van der Waals surface area contributed by atoms with Gasteiger partial charge in [-0.1, -0.05) is 6.07 Å². The minimum atomic E-state index is -0.0185. The monoisotopic (exact) mass is 384 g/mol. The number of methoxy groups -OCH3 is 1. The number of H-pyrrole nitrogens is 1. The topological polar surface area (TPSA) is 78.5 Å². The molecule has 1 aliphatic heterocycles. The van der Waals surface area contributed by atoms with Crippen molar-refractivity contribution in [2.45, 2.75) is 33.6 Å². The molecule has 2 aromatic rings. The van der Waals surface area contributed by atoms with E-state index in [0.717, 1.165) is 22.5 Å². The number of ether oxygens (including phenoxy) is 1. The van der Waals surface area contributed by atoms with Crippen molar-refractivity contribution in [3.8, 4) is 5.75 Å². The first kappa shape index (κ1) is 19.9. The number of aryl methyl sites for hydroxylation is 3. The van der Waals surface area contributed by atoms with Gasteiger partial charge in [0.15, 0.2) is 0 Å². The third-order valence-electron chi connectivity index (χ3n) is 5.44. The van der Waals surface area contributed by atoms with Crippen molar-refractivity contribution in [3.63, 3.8) is 0 Å². The Bertz CT molecular complexity index is 847. The third-order valence-corrected chi connectivity index (χ3v) is 5.44. The Balaban J connectivity index is 1.53. The summed E-state index contributed by atoms with van der Waals surface area (Å²) in [5.74, 6) is 0.823. The van der Waals surface area contributed by atoms with E-state index in [1.807, 2.05) is 37.8 Å². The lowest BCUT2D eigenvalue weighted by molar-refractivity contribution is -0.132. The molecule has 1 aromatic carbocycles. The van der Waals surface area contributed by atoms with Crippen molar-refractivity contribution >= 4 is 11.8 Å². The number of rotatable bonds is 5. The van der Waals surface area contributed by atoms with E-state index in [1.54, 1.807) is 18.1 Å². The number of amides is 2. The van der Waals surface area contributed by atoms with Gasteiger partial charge in [-0.2, -0.15) is 5.10 Å². The van der Waals surface area contributed by atoms with E-state index in [-0.39, 0.29) is 11.8 Å². The largest absolute Gasteiger partial charge is 0.496 e. The molecule has 28 heavy (non-hydrogen) atoms. The second kappa shape index (κ2) is 8.46. The maximum atomic E-state index is 12.8. The first-order valence-corrected chi connectivity index (χ1v) is 9.63. The Labute approximate surface area is 165 Å². The van der Waals surface area contributed by atoms with Crippen molar-refractivity contribution in [2.24, 2.45) is 0 Å². The molecule has 1 N–H and O–H groups in total. The van der Waals surface area contributed by atoms with Crippen LogP contribution in [0.2, 0.25) is 0 Å². The number of nitrogens with zero attached hydrogens (tertiary/aromatic N) is 3. The number of piperazine rings is 1. The fraction of sp³-hybridized carbons (Fsp3) is 0.476. The van der Waals surface area contributed by atoms with Crippen molar-refractivity contribution in [1.82, 2.24) is 20.0 Å². The summed E-state index contributed by atoms with van der Waals surface area (Å²) in [5.41, 5.74) is 4.71. The molecule has 2 heterocycles. The van der Waals surface area contributed by atoms with Crippen LogP contribution in [0.3, 0.4) is 0 Å². The van der Waals surface area contributed by atoms with E-state index >= 15 is 0 Å². The molecule has 7 nitrogen and oxygen atoms in total. The van der Waals surface area contributed by atoms with Crippen LogP contribution in [0, 0.1) is 20.8 Å². The fourth-order valence-electron chi connectivity index (χ4n) is 3.63. The van der Waals surface area contributed by atoms with Gasteiger partial charge in [0.2, 0.25) is 5.91 Å². The maximum Gasteiger partial charge on any atom is 0.254 e. The maximum absolute atomic E-state index is 12.8. The molecule has 0 spiro atoms. The number of hydrogen-bond donors (Lipinski definition) is 1. The van der Waals surface area contributed by atoms with E-state index in [2.05, 4.69) is 10.2 Å². The predicted molar refractivity (Wildman–Crippen MR) is 107 cm³/mol. The van der Waals surface area contributed by atoms with Crippen molar-refractivity contribution in [3.05, 3.63) is 46.3 Å². The summed E-state index contributed by atoms with van der Waals surface area (Å²) in [6.07, 6.45) is 1.15. The molecule has 0 bridgehead atoms. The van der Waals surface area contributed by atoms with Crippen LogP contribution in [0.25, 0.3) is 0 Å². The quantitative estimate of drug-likeness (QED) is 0.858. The van der Waals surface area contributed by atoms with Gasteiger partial charge in [-0.15, -0.1) is 0 Å². The average molecular weight is 384 g/mol. The fourth-order valence-corrected chi connectivity index (χ4v) is 3.63. The van der Waals surface area contributed by atoms with E-state index in [1.165, 1.54) is 0 Å². The molecule has 150 valence electrons. The molecule has 0 aliphatic carbocycles. The molecule has 1 aromatic heterocycles. The lowest BCUT2D eigenvalue weighted by Gasteiger charge is -2.35. The van der Waals surface area contributed by atoms with Gasteiger partial charge in [-0.3, -0.25) is 14.7 Å². The van der Waals surface area contributed by atoms with Gasteiger partial charge < -0.3 is 14.5 Å². The molecule has 1 fully saturated rings. The molecule has 1 saturated heterocycles. The van der Waals surface area contributed by atoms with Crippen LogP contribution in [0.4, 0.5) is 0 Å². The summed E-state index contributed by atoms with van der Waals surface area (Å²) in [5, 5.41) is 7.14. The standard InChI is InChI=1S/C21H28N4O3/c1-14-5-6-17(13-19(14)28-4)21(27)25-11-9-24(10-12-25)20(26)8-7-18-15(2)22-23-16(18)3/h5-6,13H,7-12H2,1-4H3,(H,22,23). The average Bonchev–Trinajstić information content (AvgIpc) is 3.03. The summed E-state index contributed by atoms with van der Waals surface area (Å²) >= 11 is 0. The lowest BCUT2D eigenvalue weighted by Crippen LogP contribution is -2.50. The van der Waals surface area contributed by atoms with E-state index in [9.17, 15) is 9.59 Å². The van der Waals surface area contributed by atoms with Crippen molar-refractivity contribution in [1.29, 1.82) is 0 Å². The third kappa shape index (κ3) is 4.18.